The Morgan fingerprint density at radius 3 is 2.02 bits per heavy atom. The van der Waals surface area contributed by atoms with Crippen molar-refractivity contribution in [3.05, 3.63) is 96.1 Å². The van der Waals surface area contributed by atoms with Crippen molar-refractivity contribution in [2.24, 2.45) is 0 Å². The Bertz CT molecular complexity index is 1350. The van der Waals surface area contributed by atoms with Crippen molar-refractivity contribution in [1.29, 1.82) is 0 Å². The third-order valence-corrected chi connectivity index (χ3v) is 8.90. The smallest absolute Gasteiger partial charge is 0.264 e. The second-order valence-corrected chi connectivity index (χ2v) is 11.7. The fourth-order valence-electron chi connectivity index (χ4n) is 4.62. The van der Waals surface area contributed by atoms with Gasteiger partial charge in [-0.15, -0.1) is 0 Å². The number of nitrogens with zero attached hydrogens (tertiary/aromatic N) is 2. The minimum atomic E-state index is -4.07. The van der Waals surface area contributed by atoms with E-state index in [9.17, 15) is 18.0 Å². The summed E-state index contributed by atoms with van der Waals surface area (Å²) in [5, 5.41) is 3.01. The molecule has 0 aromatic heterocycles. The van der Waals surface area contributed by atoms with Crippen LogP contribution in [-0.2, 0) is 32.5 Å². The van der Waals surface area contributed by atoms with Crippen molar-refractivity contribution in [3.63, 3.8) is 0 Å². The summed E-state index contributed by atoms with van der Waals surface area (Å²) in [6.45, 7) is 7.60. The molecule has 0 bridgehead atoms. The Labute approximate surface area is 239 Å². The Hall–Kier alpha value is -3.65. The normalized spacial score (nSPS) is 12.8. The van der Waals surface area contributed by atoms with Gasteiger partial charge in [-0.2, -0.15) is 0 Å². The molecule has 0 saturated heterocycles. The van der Waals surface area contributed by atoms with Gasteiger partial charge in [-0.05, 0) is 61.9 Å². The van der Waals surface area contributed by atoms with Crippen molar-refractivity contribution in [3.8, 4) is 0 Å². The van der Waals surface area contributed by atoms with Crippen LogP contribution in [0, 0.1) is 0 Å². The van der Waals surface area contributed by atoms with Crippen molar-refractivity contribution in [2.75, 3.05) is 17.4 Å². The standard InChI is InChI=1S/C32H41N3O4S/c1-5-25(4)33-32(37)29(7-3)34(23-22-26-16-10-8-11-17-26)31(36)24-35(30-21-15-14-18-27(30)6-2)40(38,39)28-19-12-9-13-20-28/h8-21,25,29H,5-7,22-24H2,1-4H3,(H,33,37)/t25-,29+/m0/s1. The van der Waals surface area contributed by atoms with E-state index in [1.54, 1.807) is 35.2 Å². The van der Waals surface area contributed by atoms with Crippen molar-refractivity contribution >= 4 is 27.5 Å². The number of rotatable bonds is 14. The molecule has 0 aliphatic rings. The van der Waals surface area contributed by atoms with Gasteiger partial charge in [-0.1, -0.05) is 87.5 Å². The van der Waals surface area contributed by atoms with E-state index in [1.807, 2.05) is 70.2 Å². The van der Waals surface area contributed by atoms with Crippen LogP contribution in [-0.4, -0.2) is 50.3 Å². The molecule has 1 N–H and O–H groups in total. The third kappa shape index (κ3) is 7.72. The molecular formula is C32H41N3O4S. The van der Waals surface area contributed by atoms with Crippen LogP contribution in [0.2, 0.25) is 0 Å². The Balaban J connectivity index is 2.03. The van der Waals surface area contributed by atoms with Crippen molar-refractivity contribution in [2.45, 2.75) is 70.4 Å². The Morgan fingerprint density at radius 2 is 1.43 bits per heavy atom. The van der Waals surface area contributed by atoms with Gasteiger partial charge < -0.3 is 10.2 Å². The zero-order chi connectivity index (χ0) is 29.1. The number of hydrogen-bond donors (Lipinski definition) is 1. The molecule has 40 heavy (non-hydrogen) atoms. The zero-order valence-electron chi connectivity index (χ0n) is 23.9. The molecule has 0 aliphatic heterocycles. The maximum absolute atomic E-state index is 14.1. The molecule has 0 unspecified atom stereocenters. The van der Waals surface area contributed by atoms with Gasteiger partial charge in [0.2, 0.25) is 11.8 Å². The quantitative estimate of drug-likeness (QED) is 0.292. The summed E-state index contributed by atoms with van der Waals surface area (Å²) in [5.41, 5.74) is 2.30. The molecule has 0 radical (unpaired) electrons. The monoisotopic (exact) mass is 563 g/mol. The summed E-state index contributed by atoms with van der Waals surface area (Å²) >= 11 is 0. The fourth-order valence-corrected chi connectivity index (χ4v) is 6.10. The topological polar surface area (TPSA) is 86.8 Å². The maximum Gasteiger partial charge on any atom is 0.264 e. The van der Waals surface area contributed by atoms with E-state index in [-0.39, 0.29) is 23.4 Å². The first kappa shape index (κ1) is 30.9. The average Bonchev–Trinajstić information content (AvgIpc) is 2.98. The summed E-state index contributed by atoms with van der Waals surface area (Å²) in [5.74, 6) is -0.655. The molecule has 8 heteroatoms. The molecule has 0 saturated carbocycles. The van der Waals surface area contributed by atoms with Gasteiger partial charge >= 0.3 is 0 Å². The third-order valence-electron chi connectivity index (χ3n) is 7.12. The molecule has 3 aromatic carbocycles. The number of anilines is 1. The van der Waals surface area contributed by atoms with Crippen LogP contribution in [0.1, 0.15) is 51.7 Å². The maximum atomic E-state index is 14.1. The van der Waals surface area contributed by atoms with Crippen LogP contribution in [0.3, 0.4) is 0 Å². The van der Waals surface area contributed by atoms with Crippen LogP contribution in [0.15, 0.2) is 89.8 Å². The second-order valence-electron chi connectivity index (χ2n) is 9.87. The molecule has 0 spiro atoms. The zero-order valence-corrected chi connectivity index (χ0v) is 24.7. The predicted octanol–water partition coefficient (Wildman–Crippen LogP) is 5.21. The van der Waals surface area contributed by atoms with E-state index >= 15 is 0 Å². The molecule has 0 aliphatic carbocycles. The van der Waals surface area contributed by atoms with Gasteiger partial charge in [0.25, 0.3) is 10.0 Å². The first-order chi connectivity index (χ1) is 19.2. The first-order valence-electron chi connectivity index (χ1n) is 14.0. The lowest BCUT2D eigenvalue weighted by molar-refractivity contribution is -0.139. The lowest BCUT2D eigenvalue weighted by atomic mass is 10.1. The van der Waals surface area contributed by atoms with Gasteiger partial charge in [0.1, 0.15) is 12.6 Å². The van der Waals surface area contributed by atoms with E-state index in [4.69, 9.17) is 0 Å². The number of carbonyl (C=O) groups is 2. The lowest BCUT2D eigenvalue weighted by Gasteiger charge is -2.34. The largest absolute Gasteiger partial charge is 0.352 e. The number of hydrogen-bond acceptors (Lipinski definition) is 4. The van der Waals surface area contributed by atoms with Gasteiger partial charge in [0.05, 0.1) is 10.6 Å². The van der Waals surface area contributed by atoms with Gasteiger partial charge in [-0.3, -0.25) is 13.9 Å². The van der Waals surface area contributed by atoms with Crippen LogP contribution in [0.25, 0.3) is 0 Å². The van der Waals surface area contributed by atoms with Crippen LogP contribution in [0.5, 0.6) is 0 Å². The molecule has 0 fully saturated rings. The van der Waals surface area contributed by atoms with E-state index in [2.05, 4.69) is 5.32 Å². The highest BCUT2D eigenvalue weighted by Gasteiger charge is 2.34. The fraction of sp³-hybridized carbons (Fsp3) is 0.375. The summed E-state index contributed by atoms with van der Waals surface area (Å²) < 4.78 is 29.1. The van der Waals surface area contributed by atoms with Gasteiger partial charge in [-0.25, -0.2) is 8.42 Å². The summed E-state index contributed by atoms with van der Waals surface area (Å²) in [7, 11) is -4.07. The molecule has 2 atom stereocenters. The highest BCUT2D eigenvalue weighted by molar-refractivity contribution is 7.92. The Kier molecular flexibility index (Phi) is 11.3. The number of sulfonamides is 1. The highest BCUT2D eigenvalue weighted by atomic mass is 32.2. The summed E-state index contributed by atoms with van der Waals surface area (Å²) in [6.07, 6.45) is 2.30. The number of aryl methyl sites for hydroxylation is 1. The first-order valence-corrected chi connectivity index (χ1v) is 15.5. The molecule has 3 rings (SSSR count). The number of benzene rings is 3. The number of nitrogens with one attached hydrogen (secondary N) is 1. The molecular weight excluding hydrogens is 522 g/mol. The van der Waals surface area contributed by atoms with Crippen LogP contribution >= 0.6 is 0 Å². The molecule has 2 amide bonds. The van der Waals surface area contributed by atoms with E-state index in [1.165, 1.54) is 16.4 Å². The average molecular weight is 564 g/mol. The van der Waals surface area contributed by atoms with E-state index in [0.29, 0.717) is 24.9 Å². The second kappa shape index (κ2) is 14.7. The lowest BCUT2D eigenvalue weighted by Crippen LogP contribution is -2.54. The minimum Gasteiger partial charge on any atom is -0.352 e. The minimum absolute atomic E-state index is 0.0426. The molecule has 7 nitrogen and oxygen atoms in total. The van der Waals surface area contributed by atoms with Gasteiger partial charge in [0, 0.05) is 12.6 Å². The summed E-state index contributed by atoms with van der Waals surface area (Å²) in [4.78, 5) is 29.1. The molecule has 214 valence electrons. The Morgan fingerprint density at radius 1 is 0.825 bits per heavy atom. The molecule has 3 aromatic rings. The summed E-state index contributed by atoms with van der Waals surface area (Å²) in [6, 6.07) is 24.4. The SMILES string of the molecule is CCc1ccccc1N(CC(=O)N(CCc1ccccc1)[C@H](CC)C(=O)N[C@@H](C)CC)S(=O)(=O)c1ccccc1. The number of para-hydroxylation sites is 1. The van der Waals surface area contributed by atoms with Crippen molar-refractivity contribution in [1.82, 2.24) is 10.2 Å². The number of carbonyl (C=O) groups excluding carboxylic acids is 2. The van der Waals surface area contributed by atoms with E-state index in [0.717, 1.165) is 17.5 Å². The van der Waals surface area contributed by atoms with E-state index < -0.39 is 28.5 Å². The van der Waals surface area contributed by atoms with Gasteiger partial charge in [0.15, 0.2) is 0 Å². The van der Waals surface area contributed by atoms with Crippen molar-refractivity contribution < 1.29 is 18.0 Å². The van der Waals surface area contributed by atoms with Crippen LogP contribution < -0.4 is 9.62 Å². The predicted molar refractivity (Wildman–Crippen MR) is 161 cm³/mol. The highest BCUT2D eigenvalue weighted by Crippen LogP contribution is 2.28. The number of amides is 2. The van der Waals surface area contributed by atoms with Crippen LogP contribution in [0.4, 0.5) is 5.69 Å². The molecule has 0 heterocycles.